The molecule has 0 saturated carbocycles. The highest BCUT2D eigenvalue weighted by Gasteiger charge is 2.10. The topological polar surface area (TPSA) is 47.6 Å². The highest BCUT2D eigenvalue weighted by molar-refractivity contribution is 6.18. The Kier molecular flexibility index (Phi) is 2.58. The highest BCUT2D eigenvalue weighted by atomic mass is 14.3. The smallest absolute Gasteiger partial charge is 0.101 e. The van der Waals surface area contributed by atoms with Crippen LogP contribution in [0.15, 0.2) is 60.7 Å². The first kappa shape index (κ1) is 12.4. The van der Waals surface area contributed by atoms with Gasteiger partial charge in [0.25, 0.3) is 0 Å². The summed E-state index contributed by atoms with van der Waals surface area (Å²) < 4.78 is 0. The zero-order valence-electron chi connectivity index (χ0n) is 11.7. The predicted octanol–water partition coefficient (Wildman–Crippen LogP) is 4.89. The molecule has 0 radical (unpaired) electrons. The molecule has 0 aliphatic carbocycles. The van der Waals surface area contributed by atoms with Gasteiger partial charge >= 0.3 is 0 Å². The van der Waals surface area contributed by atoms with Crippen LogP contribution in [-0.4, -0.2) is 0 Å². The van der Waals surface area contributed by atoms with E-state index in [9.17, 15) is 5.26 Å². The molecule has 2 heteroatoms. The van der Waals surface area contributed by atoms with E-state index < -0.39 is 0 Å². The van der Waals surface area contributed by atoms with Crippen LogP contribution in [0, 0.1) is 22.7 Å². The van der Waals surface area contributed by atoms with Gasteiger partial charge in [-0.05, 0) is 33.0 Å². The molecule has 0 amide bonds. The lowest BCUT2D eigenvalue weighted by Gasteiger charge is -2.09. The van der Waals surface area contributed by atoms with Crippen molar-refractivity contribution in [1.82, 2.24) is 0 Å². The van der Waals surface area contributed by atoms with Gasteiger partial charge in [-0.25, -0.2) is 0 Å². The predicted molar refractivity (Wildman–Crippen MR) is 88.4 cm³/mol. The summed E-state index contributed by atoms with van der Waals surface area (Å²) >= 11 is 0. The van der Waals surface area contributed by atoms with Crippen molar-refractivity contribution in [3.8, 4) is 12.1 Å². The van der Waals surface area contributed by atoms with Gasteiger partial charge < -0.3 is 0 Å². The van der Waals surface area contributed by atoms with Crippen molar-refractivity contribution in [2.45, 2.75) is 0 Å². The van der Waals surface area contributed by atoms with Gasteiger partial charge in [-0.1, -0.05) is 54.6 Å². The third-order valence-corrected chi connectivity index (χ3v) is 4.16. The van der Waals surface area contributed by atoms with Gasteiger partial charge in [0, 0.05) is 5.39 Å². The molecule has 0 fully saturated rings. The first-order valence-electron chi connectivity index (χ1n) is 7.01. The van der Waals surface area contributed by atoms with Crippen LogP contribution in [-0.2, 0) is 0 Å². The van der Waals surface area contributed by atoms with Crippen LogP contribution in [0.1, 0.15) is 11.1 Å². The average molecular weight is 278 g/mol. The second-order valence-electron chi connectivity index (χ2n) is 5.25. The molecule has 22 heavy (non-hydrogen) atoms. The monoisotopic (exact) mass is 278 g/mol. The van der Waals surface area contributed by atoms with Gasteiger partial charge in [-0.15, -0.1) is 0 Å². The summed E-state index contributed by atoms with van der Waals surface area (Å²) in [4.78, 5) is 0. The summed E-state index contributed by atoms with van der Waals surface area (Å²) in [5.41, 5.74) is 0.880. The van der Waals surface area contributed by atoms with Crippen molar-refractivity contribution in [2.24, 2.45) is 0 Å². The van der Waals surface area contributed by atoms with Gasteiger partial charge in [0.05, 0.1) is 11.1 Å². The lowest BCUT2D eigenvalue weighted by molar-refractivity contribution is 1.45. The fourth-order valence-corrected chi connectivity index (χ4v) is 3.12. The van der Waals surface area contributed by atoms with Crippen molar-refractivity contribution >= 4 is 32.3 Å². The standard InChI is InChI=1S/C20H10N2/c21-11-14-6-8-18-17-7-5-13-3-1-2-4-15(13)16(17)9-10-19(18)20(14)12-22/h1-10H. The second kappa shape index (κ2) is 4.58. The average Bonchev–Trinajstić information content (AvgIpc) is 2.59. The van der Waals surface area contributed by atoms with Crippen molar-refractivity contribution in [2.75, 3.05) is 0 Å². The molecule has 4 rings (SSSR count). The zero-order chi connectivity index (χ0) is 15.1. The Labute approximate surface area is 127 Å². The lowest BCUT2D eigenvalue weighted by Crippen LogP contribution is -1.88. The number of benzene rings is 4. The summed E-state index contributed by atoms with van der Waals surface area (Å²) in [6.07, 6.45) is 0. The SMILES string of the molecule is N#Cc1ccc2c(ccc3c4ccccc4ccc23)c1C#N. The van der Waals surface area contributed by atoms with Crippen molar-refractivity contribution in [3.63, 3.8) is 0 Å². The molecule has 0 aliphatic rings. The maximum atomic E-state index is 9.39. The van der Waals surface area contributed by atoms with Crippen LogP contribution in [0.4, 0.5) is 0 Å². The molecule has 0 aromatic heterocycles. The largest absolute Gasteiger partial charge is 0.192 e. The summed E-state index contributed by atoms with van der Waals surface area (Å²) in [5.74, 6) is 0. The molecular weight excluding hydrogens is 268 g/mol. The minimum atomic E-state index is 0.426. The Bertz CT molecular complexity index is 1140. The van der Waals surface area contributed by atoms with Crippen molar-refractivity contribution < 1.29 is 0 Å². The zero-order valence-corrected chi connectivity index (χ0v) is 11.7. The molecule has 0 atom stereocenters. The van der Waals surface area contributed by atoms with Crippen LogP contribution >= 0.6 is 0 Å². The van der Waals surface area contributed by atoms with Crippen molar-refractivity contribution in [1.29, 1.82) is 10.5 Å². The Morgan fingerprint density at radius 3 is 2.00 bits per heavy atom. The molecule has 0 heterocycles. The molecule has 4 aromatic carbocycles. The molecule has 0 aliphatic heterocycles. The molecule has 4 aromatic rings. The first-order chi connectivity index (χ1) is 10.8. The number of rotatable bonds is 0. The maximum Gasteiger partial charge on any atom is 0.101 e. The Hall–Kier alpha value is -3.36. The second-order valence-corrected chi connectivity index (χ2v) is 5.25. The molecular formula is C20H10N2. The van der Waals surface area contributed by atoms with Crippen LogP contribution in [0.25, 0.3) is 32.3 Å². The quantitative estimate of drug-likeness (QED) is 0.430. The van der Waals surface area contributed by atoms with Crippen LogP contribution < -0.4 is 0 Å². The van der Waals surface area contributed by atoms with E-state index in [1.54, 1.807) is 6.07 Å². The van der Waals surface area contributed by atoms with Crippen LogP contribution in [0.3, 0.4) is 0 Å². The maximum absolute atomic E-state index is 9.39. The van der Waals surface area contributed by atoms with Gasteiger partial charge in [-0.3, -0.25) is 0 Å². The summed E-state index contributed by atoms with van der Waals surface area (Å²) in [5, 5.41) is 25.1. The first-order valence-corrected chi connectivity index (χ1v) is 7.01. The lowest BCUT2D eigenvalue weighted by atomic mass is 9.93. The van der Waals surface area contributed by atoms with Crippen molar-refractivity contribution in [3.05, 3.63) is 71.8 Å². The van der Waals surface area contributed by atoms with E-state index in [0.29, 0.717) is 11.1 Å². The molecule has 0 spiro atoms. The fraction of sp³-hybridized carbons (Fsp3) is 0. The number of nitrogens with zero attached hydrogens (tertiary/aromatic N) is 2. The van der Waals surface area contributed by atoms with E-state index in [1.807, 2.05) is 30.3 Å². The number of hydrogen-bond donors (Lipinski definition) is 0. The van der Waals surface area contributed by atoms with Crippen LogP contribution in [0.5, 0.6) is 0 Å². The molecule has 100 valence electrons. The minimum Gasteiger partial charge on any atom is -0.192 e. The molecule has 0 unspecified atom stereocenters. The molecule has 0 bridgehead atoms. The third kappa shape index (κ3) is 1.59. The van der Waals surface area contributed by atoms with E-state index >= 15 is 0 Å². The Balaban J connectivity index is 2.24. The number of nitriles is 2. The Morgan fingerprint density at radius 2 is 1.18 bits per heavy atom. The number of hydrogen-bond acceptors (Lipinski definition) is 2. The molecule has 2 nitrogen and oxygen atoms in total. The van der Waals surface area contributed by atoms with E-state index in [1.165, 1.54) is 16.2 Å². The van der Waals surface area contributed by atoms with E-state index in [0.717, 1.165) is 16.2 Å². The molecule has 0 saturated heterocycles. The summed E-state index contributed by atoms with van der Waals surface area (Å²) in [6, 6.07) is 24.4. The summed E-state index contributed by atoms with van der Waals surface area (Å²) in [7, 11) is 0. The fourth-order valence-electron chi connectivity index (χ4n) is 3.12. The Morgan fingerprint density at radius 1 is 0.545 bits per heavy atom. The van der Waals surface area contributed by atoms with E-state index in [4.69, 9.17) is 5.26 Å². The van der Waals surface area contributed by atoms with E-state index in [2.05, 4.69) is 36.4 Å². The van der Waals surface area contributed by atoms with Gasteiger partial charge in [0.2, 0.25) is 0 Å². The third-order valence-electron chi connectivity index (χ3n) is 4.16. The highest BCUT2D eigenvalue weighted by Crippen LogP contribution is 2.33. The van der Waals surface area contributed by atoms with Gasteiger partial charge in [0.1, 0.15) is 12.1 Å². The van der Waals surface area contributed by atoms with Crippen LogP contribution in [0.2, 0.25) is 0 Å². The number of fused-ring (bicyclic) bond motifs is 5. The molecule has 0 N–H and O–H groups in total. The summed E-state index contributed by atoms with van der Waals surface area (Å²) in [6.45, 7) is 0. The van der Waals surface area contributed by atoms with E-state index in [-0.39, 0.29) is 0 Å². The van der Waals surface area contributed by atoms with Gasteiger partial charge in [-0.2, -0.15) is 10.5 Å². The normalized spacial score (nSPS) is 10.6. The minimum absolute atomic E-state index is 0.426. The van der Waals surface area contributed by atoms with Gasteiger partial charge in [0.15, 0.2) is 0 Å².